The lowest BCUT2D eigenvalue weighted by atomic mass is 10.1. The van der Waals surface area contributed by atoms with Gasteiger partial charge >= 0.3 is 6.03 Å². The summed E-state index contributed by atoms with van der Waals surface area (Å²) in [6.45, 7) is 0.0360. The molecule has 0 aromatic heterocycles. The molecule has 1 aliphatic rings. The Morgan fingerprint density at radius 2 is 1.87 bits per heavy atom. The van der Waals surface area contributed by atoms with Gasteiger partial charge in [-0.15, -0.1) is 0 Å². The number of rotatable bonds is 10. The minimum atomic E-state index is -0.724. The molecule has 31 heavy (non-hydrogen) atoms. The number of imide groups is 1. The number of aliphatic hydroxyl groups excluding tert-OH is 1. The van der Waals surface area contributed by atoms with Gasteiger partial charge < -0.3 is 20.5 Å². The highest BCUT2D eigenvalue weighted by Crippen LogP contribution is 2.16. The van der Waals surface area contributed by atoms with Crippen molar-refractivity contribution >= 4 is 17.8 Å². The molecule has 0 saturated carbocycles. The summed E-state index contributed by atoms with van der Waals surface area (Å²) in [5, 5.41) is 15.0. The van der Waals surface area contributed by atoms with Crippen LogP contribution in [0.15, 0.2) is 54.6 Å². The Balaban J connectivity index is 1.48. The molecule has 164 valence electrons. The van der Waals surface area contributed by atoms with E-state index >= 15 is 0 Å². The van der Waals surface area contributed by atoms with Crippen molar-refractivity contribution in [2.45, 2.75) is 31.3 Å². The van der Waals surface area contributed by atoms with E-state index < -0.39 is 18.1 Å². The van der Waals surface area contributed by atoms with Gasteiger partial charge in [-0.1, -0.05) is 42.5 Å². The maximum atomic E-state index is 12.6. The maximum absolute atomic E-state index is 12.6. The van der Waals surface area contributed by atoms with Crippen LogP contribution in [-0.2, 0) is 16.0 Å². The number of aliphatic hydroxyl groups is 1. The number of methoxy groups -OCH3 is 1. The molecule has 0 bridgehead atoms. The number of hydrogen-bond acceptors (Lipinski definition) is 5. The van der Waals surface area contributed by atoms with Crippen LogP contribution in [0.3, 0.4) is 0 Å². The van der Waals surface area contributed by atoms with E-state index in [1.165, 1.54) is 4.90 Å². The normalized spacial score (nSPS) is 16.7. The molecule has 1 fully saturated rings. The fraction of sp³-hybridized carbons (Fsp3) is 0.348. The lowest BCUT2D eigenvalue weighted by Gasteiger charge is -2.17. The SMILES string of the molecule is COc1ccc(CCN2C(=O)N[C@H](CCC(=O)N[C@H](CO)c3ccccc3)C2=O)cc1. The minimum Gasteiger partial charge on any atom is -0.497 e. The van der Waals surface area contributed by atoms with Crippen molar-refractivity contribution in [1.29, 1.82) is 0 Å². The molecular weight excluding hydrogens is 398 g/mol. The number of ether oxygens (including phenoxy) is 1. The van der Waals surface area contributed by atoms with E-state index in [9.17, 15) is 19.5 Å². The van der Waals surface area contributed by atoms with Gasteiger partial charge in [0.05, 0.1) is 19.8 Å². The Morgan fingerprint density at radius 3 is 2.52 bits per heavy atom. The zero-order chi connectivity index (χ0) is 22.2. The number of amides is 4. The van der Waals surface area contributed by atoms with Gasteiger partial charge in [0, 0.05) is 13.0 Å². The van der Waals surface area contributed by atoms with Crippen LogP contribution < -0.4 is 15.4 Å². The summed E-state index contributed by atoms with van der Waals surface area (Å²) in [4.78, 5) is 38.3. The standard InChI is InChI=1S/C23H27N3O5/c1-31-18-9-7-16(8-10-18)13-14-26-22(29)19(25-23(26)30)11-12-21(28)24-20(15-27)17-5-3-2-4-6-17/h2-10,19-20,27H,11-15H2,1H3,(H,24,28)(H,25,30)/t19-,20-/m1/s1. The van der Waals surface area contributed by atoms with E-state index in [-0.39, 0.29) is 37.8 Å². The van der Waals surface area contributed by atoms with Crippen LogP contribution >= 0.6 is 0 Å². The van der Waals surface area contributed by atoms with Gasteiger partial charge in [-0.05, 0) is 36.1 Å². The van der Waals surface area contributed by atoms with E-state index in [4.69, 9.17) is 4.74 Å². The molecule has 2 aromatic carbocycles. The van der Waals surface area contributed by atoms with Crippen molar-refractivity contribution in [3.63, 3.8) is 0 Å². The largest absolute Gasteiger partial charge is 0.497 e. The summed E-state index contributed by atoms with van der Waals surface area (Å²) >= 11 is 0. The van der Waals surface area contributed by atoms with Gasteiger partial charge in [0.1, 0.15) is 11.8 Å². The van der Waals surface area contributed by atoms with E-state index in [0.717, 1.165) is 16.9 Å². The van der Waals surface area contributed by atoms with Crippen molar-refractivity contribution in [1.82, 2.24) is 15.5 Å². The maximum Gasteiger partial charge on any atom is 0.324 e. The van der Waals surface area contributed by atoms with Gasteiger partial charge in [0.2, 0.25) is 5.91 Å². The zero-order valence-electron chi connectivity index (χ0n) is 17.4. The molecule has 3 rings (SSSR count). The van der Waals surface area contributed by atoms with Crippen molar-refractivity contribution in [3.8, 4) is 5.75 Å². The fourth-order valence-corrected chi connectivity index (χ4v) is 3.48. The average molecular weight is 425 g/mol. The van der Waals surface area contributed by atoms with Crippen molar-refractivity contribution < 1.29 is 24.2 Å². The molecular formula is C23H27N3O5. The van der Waals surface area contributed by atoms with Gasteiger partial charge in [0.25, 0.3) is 5.91 Å². The van der Waals surface area contributed by atoms with Crippen LogP contribution in [0.5, 0.6) is 5.75 Å². The third kappa shape index (κ3) is 5.82. The van der Waals surface area contributed by atoms with E-state index in [2.05, 4.69) is 10.6 Å². The molecule has 1 saturated heterocycles. The van der Waals surface area contributed by atoms with Crippen LogP contribution in [0, 0.1) is 0 Å². The van der Waals surface area contributed by atoms with Crippen molar-refractivity contribution in [2.75, 3.05) is 20.3 Å². The molecule has 4 amide bonds. The first-order chi connectivity index (χ1) is 15.0. The van der Waals surface area contributed by atoms with E-state index in [1.54, 1.807) is 7.11 Å². The summed E-state index contributed by atoms with van der Waals surface area (Å²) in [6, 6.07) is 14.9. The van der Waals surface area contributed by atoms with Crippen LogP contribution in [0.25, 0.3) is 0 Å². The highest BCUT2D eigenvalue weighted by atomic mass is 16.5. The molecule has 1 aliphatic heterocycles. The molecule has 2 aromatic rings. The summed E-state index contributed by atoms with van der Waals surface area (Å²) in [5.74, 6) is 0.127. The molecule has 0 radical (unpaired) electrons. The van der Waals surface area contributed by atoms with E-state index in [0.29, 0.717) is 6.42 Å². The smallest absolute Gasteiger partial charge is 0.324 e. The number of nitrogens with one attached hydrogen (secondary N) is 2. The summed E-state index contributed by atoms with van der Waals surface area (Å²) in [5.41, 5.74) is 1.79. The Kier molecular flexibility index (Phi) is 7.61. The number of benzene rings is 2. The summed E-state index contributed by atoms with van der Waals surface area (Å²) < 4.78 is 5.12. The predicted molar refractivity (Wildman–Crippen MR) is 114 cm³/mol. The Bertz CT molecular complexity index is 901. The first-order valence-electron chi connectivity index (χ1n) is 10.2. The van der Waals surface area contributed by atoms with Crippen molar-refractivity contribution in [2.24, 2.45) is 0 Å². The quantitative estimate of drug-likeness (QED) is 0.503. The first kappa shape index (κ1) is 22.3. The predicted octanol–water partition coefficient (Wildman–Crippen LogP) is 1.79. The second-order valence-electron chi connectivity index (χ2n) is 7.34. The third-order valence-electron chi connectivity index (χ3n) is 5.27. The molecule has 8 heteroatoms. The molecule has 2 atom stereocenters. The van der Waals surface area contributed by atoms with Gasteiger partial charge in [-0.25, -0.2) is 4.79 Å². The van der Waals surface area contributed by atoms with Crippen LogP contribution in [0.1, 0.15) is 30.0 Å². The molecule has 8 nitrogen and oxygen atoms in total. The van der Waals surface area contributed by atoms with Gasteiger partial charge in [-0.2, -0.15) is 0 Å². The number of hydrogen-bond donors (Lipinski definition) is 3. The van der Waals surface area contributed by atoms with Crippen LogP contribution in [0.4, 0.5) is 4.79 Å². The zero-order valence-corrected chi connectivity index (χ0v) is 17.4. The second kappa shape index (κ2) is 10.6. The summed E-state index contributed by atoms with van der Waals surface area (Å²) in [7, 11) is 1.59. The Labute approximate surface area is 181 Å². The average Bonchev–Trinajstić information content (AvgIpc) is 3.08. The third-order valence-corrected chi connectivity index (χ3v) is 5.27. The number of nitrogens with zero attached hydrogens (tertiary/aromatic N) is 1. The monoisotopic (exact) mass is 425 g/mol. The summed E-state index contributed by atoms with van der Waals surface area (Å²) in [6.07, 6.45) is 0.792. The topological polar surface area (TPSA) is 108 Å². The highest BCUT2D eigenvalue weighted by molar-refractivity contribution is 6.04. The second-order valence-corrected chi connectivity index (χ2v) is 7.34. The van der Waals surface area contributed by atoms with E-state index in [1.807, 2.05) is 54.6 Å². The lowest BCUT2D eigenvalue weighted by Crippen LogP contribution is -2.35. The van der Waals surface area contributed by atoms with Gasteiger partial charge in [-0.3, -0.25) is 14.5 Å². The molecule has 0 unspecified atom stereocenters. The minimum absolute atomic E-state index is 0.0618. The number of urea groups is 1. The van der Waals surface area contributed by atoms with Crippen LogP contribution in [-0.4, -0.2) is 54.2 Å². The lowest BCUT2D eigenvalue weighted by molar-refractivity contribution is -0.127. The Hall–Kier alpha value is -3.39. The Morgan fingerprint density at radius 1 is 1.16 bits per heavy atom. The number of carbonyl (C=O) groups is 3. The first-order valence-corrected chi connectivity index (χ1v) is 10.2. The van der Waals surface area contributed by atoms with Gasteiger partial charge in [0.15, 0.2) is 0 Å². The molecule has 1 heterocycles. The number of carbonyl (C=O) groups excluding carboxylic acids is 3. The molecule has 0 spiro atoms. The van der Waals surface area contributed by atoms with Crippen LogP contribution in [0.2, 0.25) is 0 Å². The molecule has 3 N–H and O–H groups in total. The highest BCUT2D eigenvalue weighted by Gasteiger charge is 2.37. The van der Waals surface area contributed by atoms with Crippen molar-refractivity contribution in [3.05, 3.63) is 65.7 Å². The fourth-order valence-electron chi connectivity index (χ4n) is 3.48. The molecule has 0 aliphatic carbocycles.